The Balaban J connectivity index is 2.13. The fraction of sp³-hybridized carbons (Fsp3) is 0.333. The van der Waals surface area contributed by atoms with Gasteiger partial charge < -0.3 is 19.5 Å². The number of nitrogens with one attached hydrogen (secondary N) is 1. The van der Waals surface area contributed by atoms with Crippen molar-refractivity contribution in [2.45, 2.75) is 26.2 Å². The number of hydrogen-bond donors (Lipinski definition) is 1. The molecule has 2 rings (SSSR count). The number of hydrogen-bond acceptors (Lipinski definition) is 5. The van der Waals surface area contributed by atoms with Crippen LogP contribution in [0.5, 0.6) is 11.5 Å². The van der Waals surface area contributed by atoms with Crippen LogP contribution in [0.1, 0.15) is 34.8 Å². The summed E-state index contributed by atoms with van der Waals surface area (Å²) in [5.74, 6) is 0.0240. The maximum atomic E-state index is 12.4. The number of carbonyl (C=O) groups is 2. The molecule has 0 aliphatic heterocycles. The molecule has 0 spiro atoms. The number of amides is 1. The highest BCUT2D eigenvalue weighted by molar-refractivity contribution is 6.02. The molecule has 1 amide bonds. The molecule has 2 aromatic carbocycles. The minimum absolute atomic E-state index is 0.202. The molecule has 0 aliphatic rings. The van der Waals surface area contributed by atoms with Gasteiger partial charge in [-0.15, -0.1) is 0 Å². The van der Waals surface area contributed by atoms with Crippen molar-refractivity contribution in [1.82, 2.24) is 0 Å². The van der Waals surface area contributed by atoms with Gasteiger partial charge in [0.2, 0.25) is 5.91 Å². The first-order chi connectivity index (χ1) is 13.0. The molecule has 0 unspecified atom stereocenters. The van der Waals surface area contributed by atoms with E-state index >= 15 is 0 Å². The molecule has 27 heavy (non-hydrogen) atoms. The minimum atomic E-state index is -0.568. The van der Waals surface area contributed by atoms with Gasteiger partial charge in [0.15, 0.2) is 11.5 Å². The Morgan fingerprint density at radius 1 is 0.926 bits per heavy atom. The summed E-state index contributed by atoms with van der Waals surface area (Å²) in [6.45, 7) is 2.10. The van der Waals surface area contributed by atoms with E-state index in [-0.39, 0.29) is 11.5 Å². The van der Waals surface area contributed by atoms with Crippen molar-refractivity contribution in [2.24, 2.45) is 0 Å². The molecular formula is C21H25NO5. The summed E-state index contributed by atoms with van der Waals surface area (Å²) in [5, 5.41) is 2.77. The van der Waals surface area contributed by atoms with Gasteiger partial charge in [-0.25, -0.2) is 4.79 Å². The average Bonchev–Trinajstić information content (AvgIpc) is 2.71. The molecule has 6 nitrogen and oxygen atoms in total. The summed E-state index contributed by atoms with van der Waals surface area (Å²) >= 11 is 0. The number of aryl methyl sites for hydroxylation is 2. The van der Waals surface area contributed by atoms with E-state index in [1.54, 1.807) is 6.07 Å². The number of rotatable bonds is 8. The number of esters is 1. The molecule has 144 valence electrons. The Bertz CT molecular complexity index is 799. The third kappa shape index (κ3) is 5.23. The second kappa shape index (κ2) is 9.62. The molecule has 0 saturated heterocycles. The van der Waals surface area contributed by atoms with Crippen molar-refractivity contribution in [3.8, 4) is 11.5 Å². The Morgan fingerprint density at radius 3 is 2.07 bits per heavy atom. The zero-order chi connectivity index (χ0) is 19.8. The Kier molecular flexibility index (Phi) is 7.23. The summed E-state index contributed by atoms with van der Waals surface area (Å²) in [5.41, 5.74) is 2.88. The Hall–Kier alpha value is -3.02. The third-order valence-corrected chi connectivity index (χ3v) is 4.28. The number of carbonyl (C=O) groups excluding carboxylic acids is 2. The molecule has 2 aromatic rings. The highest BCUT2D eigenvalue weighted by Gasteiger charge is 2.19. The van der Waals surface area contributed by atoms with E-state index in [0.717, 1.165) is 12.0 Å². The van der Waals surface area contributed by atoms with Gasteiger partial charge >= 0.3 is 5.97 Å². The topological polar surface area (TPSA) is 73.9 Å². The van der Waals surface area contributed by atoms with E-state index < -0.39 is 5.97 Å². The van der Waals surface area contributed by atoms with Gasteiger partial charge in [0, 0.05) is 18.6 Å². The lowest BCUT2D eigenvalue weighted by molar-refractivity contribution is -0.116. The molecule has 0 fully saturated rings. The number of benzene rings is 2. The molecule has 0 aliphatic carbocycles. The van der Waals surface area contributed by atoms with E-state index in [1.807, 2.05) is 12.1 Å². The van der Waals surface area contributed by atoms with Crippen LogP contribution in [0.4, 0.5) is 5.69 Å². The molecular weight excluding hydrogens is 346 g/mol. The predicted molar refractivity (Wildman–Crippen MR) is 104 cm³/mol. The molecule has 0 radical (unpaired) electrons. The van der Waals surface area contributed by atoms with Crippen LogP contribution in [-0.4, -0.2) is 33.2 Å². The van der Waals surface area contributed by atoms with E-state index in [4.69, 9.17) is 14.2 Å². The monoisotopic (exact) mass is 371 g/mol. The first kappa shape index (κ1) is 20.3. The van der Waals surface area contributed by atoms with Crippen LogP contribution in [0.3, 0.4) is 0 Å². The predicted octanol–water partition coefficient (Wildman–Crippen LogP) is 3.62. The molecule has 0 bridgehead atoms. The van der Waals surface area contributed by atoms with Crippen molar-refractivity contribution in [3.63, 3.8) is 0 Å². The molecule has 6 heteroatoms. The Morgan fingerprint density at radius 2 is 1.52 bits per heavy atom. The van der Waals surface area contributed by atoms with E-state index in [1.165, 1.54) is 33.0 Å². The van der Waals surface area contributed by atoms with Crippen LogP contribution < -0.4 is 14.8 Å². The van der Waals surface area contributed by atoms with Gasteiger partial charge in [0.1, 0.15) is 0 Å². The normalized spacial score (nSPS) is 10.2. The van der Waals surface area contributed by atoms with Crippen LogP contribution in [-0.2, 0) is 22.4 Å². The van der Waals surface area contributed by atoms with Gasteiger partial charge in [0.25, 0.3) is 0 Å². The van der Waals surface area contributed by atoms with Crippen molar-refractivity contribution >= 4 is 17.6 Å². The first-order valence-corrected chi connectivity index (χ1v) is 8.74. The molecule has 0 heterocycles. The van der Waals surface area contributed by atoms with E-state index in [0.29, 0.717) is 30.0 Å². The van der Waals surface area contributed by atoms with Crippen LogP contribution in [0.25, 0.3) is 0 Å². The maximum absolute atomic E-state index is 12.4. The molecule has 0 atom stereocenters. The second-order valence-corrected chi connectivity index (χ2v) is 5.96. The summed E-state index contributed by atoms with van der Waals surface area (Å²) in [7, 11) is 4.24. The van der Waals surface area contributed by atoms with Gasteiger partial charge in [0.05, 0.1) is 32.6 Å². The number of ether oxygens (including phenoxy) is 3. The molecule has 0 aromatic heterocycles. The van der Waals surface area contributed by atoms with Crippen LogP contribution in [0.15, 0.2) is 36.4 Å². The lowest BCUT2D eigenvalue weighted by Gasteiger charge is -2.14. The minimum Gasteiger partial charge on any atom is -0.493 e. The standard InChI is InChI=1S/C21H25NO5/c1-5-14-6-8-15(9-7-14)10-11-20(23)22-17-13-19(26-3)18(25-2)12-16(17)21(24)27-4/h6-9,12-13H,5,10-11H2,1-4H3,(H,22,23). The fourth-order valence-electron chi connectivity index (χ4n) is 2.67. The van der Waals surface area contributed by atoms with Crippen molar-refractivity contribution < 1.29 is 23.8 Å². The highest BCUT2D eigenvalue weighted by atomic mass is 16.5. The summed E-state index contributed by atoms with van der Waals surface area (Å²) < 4.78 is 15.3. The lowest BCUT2D eigenvalue weighted by Crippen LogP contribution is -2.16. The largest absolute Gasteiger partial charge is 0.493 e. The van der Waals surface area contributed by atoms with Crippen LogP contribution in [0, 0.1) is 0 Å². The van der Waals surface area contributed by atoms with Crippen molar-refractivity contribution in [1.29, 1.82) is 0 Å². The summed E-state index contributed by atoms with van der Waals surface area (Å²) in [6.07, 6.45) is 1.88. The SMILES string of the molecule is CCc1ccc(CCC(=O)Nc2cc(OC)c(OC)cc2C(=O)OC)cc1. The zero-order valence-electron chi connectivity index (χ0n) is 16.1. The third-order valence-electron chi connectivity index (χ3n) is 4.28. The van der Waals surface area contributed by atoms with Crippen LogP contribution in [0.2, 0.25) is 0 Å². The van der Waals surface area contributed by atoms with Gasteiger partial charge in [-0.1, -0.05) is 31.2 Å². The second-order valence-electron chi connectivity index (χ2n) is 5.96. The Labute approximate surface area is 159 Å². The highest BCUT2D eigenvalue weighted by Crippen LogP contribution is 2.33. The molecule has 0 saturated carbocycles. The maximum Gasteiger partial charge on any atom is 0.340 e. The van der Waals surface area contributed by atoms with Crippen LogP contribution >= 0.6 is 0 Å². The molecule has 1 N–H and O–H groups in total. The first-order valence-electron chi connectivity index (χ1n) is 8.74. The van der Waals surface area contributed by atoms with Crippen molar-refractivity contribution in [2.75, 3.05) is 26.6 Å². The van der Waals surface area contributed by atoms with E-state index in [9.17, 15) is 9.59 Å². The fourth-order valence-corrected chi connectivity index (χ4v) is 2.67. The number of methoxy groups -OCH3 is 3. The zero-order valence-corrected chi connectivity index (χ0v) is 16.1. The average molecular weight is 371 g/mol. The smallest absolute Gasteiger partial charge is 0.340 e. The van der Waals surface area contributed by atoms with Crippen molar-refractivity contribution in [3.05, 3.63) is 53.1 Å². The number of anilines is 1. The summed E-state index contributed by atoms with van der Waals surface area (Å²) in [4.78, 5) is 24.4. The lowest BCUT2D eigenvalue weighted by atomic mass is 10.1. The van der Waals surface area contributed by atoms with Gasteiger partial charge in [-0.05, 0) is 24.0 Å². The van der Waals surface area contributed by atoms with E-state index in [2.05, 4.69) is 24.4 Å². The van der Waals surface area contributed by atoms with Gasteiger partial charge in [-0.3, -0.25) is 4.79 Å². The van der Waals surface area contributed by atoms with Gasteiger partial charge in [-0.2, -0.15) is 0 Å². The summed E-state index contributed by atoms with van der Waals surface area (Å²) in [6, 6.07) is 11.2. The quantitative estimate of drug-likeness (QED) is 0.718.